The van der Waals surface area contributed by atoms with Crippen LogP contribution in [0.1, 0.15) is 36.9 Å². The fourth-order valence-corrected chi connectivity index (χ4v) is 6.40. The van der Waals surface area contributed by atoms with E-state index in [0.29, 0.717) is 76.6 Å². The van der Waals surface area contributed by atoms with Crippen LogP contribution in [0, 0.1) is 5.82 Å². The molecule has 5 N–H and O–H groups in total. The summed E-state index contributed by atoms with van der Waals surface area (Å²) in [4.78, 5) is 36.4. The average Bonchev–Trinajstić information content (AvgIpc) is 3.70. The van der Waals surface area contributed by atoms with Crippen molar-refractivity contribution in [1.29, 1.82) is 0 Å². The second-order valence-electron chi connectivity index (χ2n) is 11.7. The first kappa shape index (κ1) is 33.5. The Bertz CT molecular complexity index is 1830. The Balaban J connectivity index is 1.17. The monoisotopic (exact) mass is 692 g/mol. The van der Waals surface area contributed by atoms with Crippen molar-refractivity contribution in [3.05, 3.63) is 82.0 Å². The van der Waals surface area contributed by atoms with Gasteiger partial charge in [-0.25, -0.2) is 9.37 Å². The predicted octanol–water partition coefficient (Wildman–Crippen LogP) is 5.14. The number of carbonyl (C=O) groups excluding carboxylic acids is 2. The highest BCUT2D eigenvalue weighted by Crippen LogP contribution is 2.41. The Morgan fingerprint density at radius 3 is 2.25 bits per heavy atom. The minimum absolute atomic E-state index is 0.0284. The Hall–Kier alpha value is -4.36. The molecule has 4 aromatic rings. The van der Waals surface area contributed by atoms with Crippen LogP contribution in [0.25, 0.3) is 22.5 Å². The molecule has 2 aliphatic rings. The normalized spacial score (nSPS) is 17.3. The van der Waals surface area contributed by atoms with Gasteiger partial charge < -0.3 is 31.3 Å². The Kier molecular flexibility index (Phi) is 10.7. The van der Waals surface area contributed by atoms with Crippen LogP contribution in [0.2, 0.25) is 10.0 Å². The van der Waals surface area contributed by atoms with Gasteiger partial charge in [-0.15, -0.1) is 0 Å². The zero-order valence-corrected chi connectivity index (χ0v) is 27.7. The second-order valence-corrected chi connectivity index (χ2v) is 12.4. The first-order chi connectivity index (χ1) is 23.3. The number of methoxy groups -OCH3 is 1. The topological polar surface area (TPSA) is 142 Å². The average molecular weight is 694 g/mol. The Morgan fingerprint density at radius 1 is 0.854 bits per heavy atom. The van der Waals surface area contributed by atoms with Gasteiger partial charge in [-0.2, -0.15) is 0 Å². The van der Waals surface area contributed by atoms with Crippen molar-refractivity contribution in [2.24, 2.45) is 0 Å². The fraction of sp³-hybridized carbons (Fsp3) is 0.324. The van der Waals surface area contributed by atoms with Gasteiger partial charge in [0, 0.05) is 80.2 Å². The number of nitrogens with one attached hydrogen (secondary N) is 5. The zero-order chi connectivity index (χ0) is 33.6. The summed E-state index contributed by atoms with van der Waals surface area (Å²) in [5.41, 5.74) is 3.99. The van der Waals surface area contributed by atoms with Crippen LogP contribution < -0.4 is 31.3 Å². The summed E-state index contributed by atoms with van der Waals surface area (Å²) < 4.78 is 21.1. The van der Waals surface area contributed by atoms with Crippen LogP contribution >= 0.6 is 23.2 Å². The molecule has 0 bridgehead atoms. The van der Waals surface area contributed by atoms with Gasteiger partial charge in [-0.3, -0.25) is 19.6 Å². The number of nitrogens with zero attached hydrogens (tertiary/aromatic N) is 3. The fourth-order valence-electron chi connectivity index (χ4n) is 5.83. The lowest BCUT2D eigenvalue weighted by molar-refractivity contribution is -0.120. The summed E-state index contributed by atoms with van der Waals surface area (Å²) in [6.07, 6.45) is 5.78. The molecule has 2 atom stereocenters. The highest BCUT2D eigenvalue weighted by Gasteiger charge is 2.22. The van der Waals surface area contributed by atoms with Crippen LogP contribution in [0.5, 0.6) is 5.88 Å². The van der Waals surface area contributed by atoms with E-state index >= 15 is 4.39 Å². The maximum atomic E-state index is 15.5. The van der Waals surface area contributed by atoms with Gasteiger partial charge in [-0.05, 0) is 37.1 Å². The summed E-state index contributed by atoms with van der Waals surface area (Å²) in [6, 6.07) is 12.6. The van der Waals surface area contributed by atoms with Crippen LogP contribution in [-0.2, 0) is 22.7 Å². The number of aromatic nitrogens is 3. The van der Waals surface area contributed by atoms with E-state index in [2.05, 4.69) is 36.6 Å². The van der Waals surface area contributed by atoms with E-state index in [1.165, 1.54) is 12.3 Å². The molecule has 2 fully saturated rings. The molecule has 2 saturated heterocycles. The molecule has 250 valence electrons. The number of ether oxygens (including phenoxy) is 1. The highest BCUT2D eigenvalue weighted by atomic mass is 35.5. The van der Waals surface area contributed by atoms with Gasteiger partial charge >= 0.3 is 0 Å². The van der Waals surface area contributed by atoms with E-state index in [1.807, 2.05) is 12.1 Å². The third-order valence-electron chi connectivity index (χ3n) is 8.34. The van der Waals surface area contributed by atoms with E-state index in [1.54, 1.807) is 37.6 Å². The number of pyridine rings is 3. The number of benzene rings is 1. The molecule has 1 aromatic carbocycles. The lowest BCUT2D eigenvalue weighted by atomic mass is 10.1. The van der Waals surface area contributed by atoms with E-state index < -0.39 is 5.82 Å². The smallest absolute Gasteiger partial charge is 0.220 e. The number of carbonyl (C=O) groups is 2. The number of hydrogen-bond acceptors (Lipinski definition) is 9. The molecule has 3 aromatic heterocycles. The van der Waals surface area contributed by atoms with Crippen molar-refractivity contribution in [1.82, 2.24) is 36.2 Å². The maximum Gasteiger partial charge on any atom is 0.220 e. The first-order valence-electron chi connectivity index (χ1n) is 15.7. The van der Waals surface area contributed by atoms with Gasteiger partial charge in [0.2, 0.25) is 17.7 Å². The molecular weight excluding hydrogens is 658 g/mol. The number of amides is 2. The molecule has 0 saturated carbocycles. The summed E-state index contributed by atoms with van der Waals surface area (Å²) in [6.45, 7) is 1.89. The van der Waals surface area contributed by atoms with E-state index in [4.69, 9.17) is 32.9 Å². The molecule has 2 unspecified atom stereocenters. The Morgan fingerprint density at radius 2 is 1.56 bits per heavy atom. The zero-order valence-electron chi connectivity index (χ0n) is 26.2. The summed E-state index contributed by atoms with van der Waals surface area (Å²) >= 11 is 13.8. The van der Waals surface area contributed by atoms with Gasteiger partial charge in [-0.1, -0.05) is 41.4 Å². The van der Waals surface area contributed by atoms with E-state index in [9.17, 15) is 9.59 Å². The molecule has 14 heteroatoms. The minimum atomic E-state index is -0.510. The third-order valence-corrected chi connectivity index (χ3v) is 9.13. The molecule has 0 spiro atoms. The second kappa shape index (κ2) is 15.2. The largest absolute Gasteiger partial charge is 0.481 e. The highest BCUT2D eigenvalue weighted by molar-refractivity contribution is 6.39. The van der Waals surface area contributed by atoms with Crippen molar-refractivity contribution >= 4 is 46.4 Å². The molecule has 6 rings (SSSR count). The van der Waals surface area contributed by atoms with Crippen LogP contribution in [0.3, 0.4) is 0 Å². The molecule has 2 aliphatic heterocycles. The molecule has 5 heterocycles. The molecule has 0 aliphatic carbocycles. The van der Waals surface area contributed by atoms with Crippen LogP contribution in [-0.4, -0.2) is 59.0 Å². The summed E-state index contributed by atoms with van der Waals surface area (Å²) in [7, 11) is 1.56. The van der Waals surface area contributed by atoms with Crippen molar-refractivity contribution in [3.8, 4) is 28.4 Å². The first-order valence-corrected chi connectivity index (χ1v) is 16.4. The molecule has 0 radical (unpaired) electrons. The number of rotatable bonds is 13. The molecule has 11 nitrogen and oxygen atoms in total. The molecular formula is C34H35Cl2FN8O3. The van der Waals surface area contributed by atoms with Gasteiger partial charge in [0.1, 0.15) is 0 Å². The maximum absolute atomic E-state index is 15.5. The van der Waals surface area contributed by atoms with Crippen molar-refractivity contribution < 1.29 is 18.7 Å². The lowest BCUT2D eigenvalue weighted by Crippen LogP contribution is -2.35. The predicted molar refractivity (Wildman–Crippen MR) is 183 cm³/mol. The minimum Gasteiger partial charge on any atom is -0.481 e. The van der Waals surface area contributed by atoms with Crippen molar-refractivity contribution in [3.63, 3.8) is 0 Å². The number of hydrogen-bond donors (Lipinski definition) is 5. The number of anilines is 2. The third kappa shape index (κ3) is 7.68. The van der Waals surface area contributed by atoms with Crippen molar-refractivity contribution in [2.45, 2.75) is 50.9 Å². The van der Waals surface area contributed by atoms with Gasteiger partial charge in [0.05, 0.1) is 45.6 Å². The van der Waals surface area contributed by atoms with E-state index in [0.717, 1.165) is 18.4 Å². The lowest BCUT2D eigenvalue weighted by Gasteiger charge is -2.16. The SMILES string of the molecule is COc1nc(-c2ccnc(-c3cccc(Nc4ccnc(CNCC5CCC(=O)N5)c4F)c3Cl)c2Cl)ccc1CNCC1CCC(=O)N1. The standard InChI is InChI=1S/C34H35Cl2FN8O3/c1-48-34-19(15-38-16-20-6-9-28(46)42-20)5-8-24(45-34)22-11-13-41-33(31(22)36)23-3-2-4-25(30(23)35)44-26-12-14-40-27(32(26)37)18-39-17-21-7-10-29(47)43-21/h2-5,8,11-14,20-21,38-39H,6-7,9-10,15-18H2,1H3,(H,40,44)(H,42,46)(H,43,47). The summed E-state index contributed by atoms with van der Waals surface area (Å²) in [5, 5.41) is 16.1. The summed E-state index contributed by atoms with van der Waals surface area (Å²) in [5.74, 6) is 0.0539. The van der Waals surface area contributed by atoms with Crippen LogP contribution in [0.15, 0.2) is 54.9 Å². The number of halogens is 3. The van der Waals surface area contributed by atoms with Gasteiger partial charge in [0.25, 0.3) is 0 Å². The molecule has 48 heavy (non-hydrogen) atoms. The Labute approximate surface area is 287 Å². The molecule has 2 amide bonds. The quantitative estimate of drug-likeness (QED) is 0.129. The van der Waals surface area contributed by atoms with Crippen LogP contribution in [0.4, 0.5) is 15.8 Å². The van der Waals surface area contributed by atoms with Crippen molar-refractivity contribution in [2.75, 3.05) is 25.5 Å². The van der Waals surface area contributed by atoms with E-state index in [-0.39, 0.29) is 41.8 Å². The van der Waals surface area contributed by atoms with Gasteiger partial charge in [0.15, 0.2) is 5.82 Å².